The summed E-state index contributed by atoms with van der Waals surface area (Å²) >= 11 is 5.79. The number of nitrogens with zero attached hydrogens (tertiary/aromatic N) is 5. The summed E-state index contributed by atoms with van der Waals surface area (Å²) in [5.41, 5.74) is -0.745. The maximum atomic E-state index is 15.5. The molecule has 1 aliphatic heterocycles. The van der Waals surface area contributed by atoms with Gasteiger partial charge in [-0.3, -0.25) is 0 Å². The van der Waals surface area contributed by atoms with Crippen molar-refractivity contribution in [3.63, 3.8) is 0 Å². The Morgan fingerprint density at radius 2 is 1.86 bits per heavy atom. The standard InChI is InChI=1S/C29H24ClF3N6O4/c1-29(2)14-41-13-23(29)39-24(36-37-26(39)27-35-28(40)38-43-27)9-16-8-21(33)18(11-20(16)32)22-4-3-5-25(34-22)42-12-15-6-7-17(30)10-19(15)31/h3-8,10-11,23H,9,12-14H2,1-2H3,(H,38,40)/t23-/m0/s1. The van der Waals surface area contributed by atoms with Gasteiger partial charge in [0.15, 0.2) is 0 Å². The number of benzene rings is 2. The van der Waals surface area contributed by atoms with Gasteiger partial charge in [0.25, 0.3) is 5.89 Å². The second-order valence-electron chi connectivity index (χ2n) is 10.7. The second kappa shape index (κ2) is 11.3. The van der Waals surface area contributed by atoms with Gasteiger partial charge in [0.1, 0.15) is 29.9 Å². The first-order chi connectivity index (χ1) is 20.6. The van der Waals surface area contributed by atoms with Crippen LogP contribution in [-0.4, -0.2) is 43.1 Å². The molecule has 0 amide bonds. The molecule has 0 saturated carbocycles. The van der Waals surface area contributed by atoms with Gasteiger partial charge in [0, 0.05) is 34.1 Å². The van der Waals surface area contributed by atoms with Crippen LogP contribution in [0.2, 0.25) is 5.02 Å². The molecule has 5 aromatic rings. The lowest BCUT2D eigenvalue weighted by molar-refractivity contribution is 0.166. The van der Waals surface area contributed by atoms with Crippen molar-refractivity contribution in [1.29, 1.82) is 0 Å². The second-order valence-corrected chi connectivity index (χ2v) is 11.2. The fraction of sp³-hybridized carbons (Fsp3) is 0.276. The molecule has 1 N–H and O–H groups in total. The van der Waals surface area contributed by atoms with Gasteiger partial charge in [0.05, 0.1) is 24.9 Å². The smallest absolute Gasteiger partial charge is 0.377 e. The number of rotatable bonds is 8. The van der Waals surface area contributed by atoms with Crippen LogP contribution < -0.4 is 10.4 Å². The zero-order valence-electron chi connectivity index (χ0n) is 22.9. The van der Waals surface area contributed by atoms with Crippen molar-refractivity contribution < 1.29 is 27.2 Å². The van der Waals surface area contributed by atoms with Crippen molar-refractivity contribution in [3.8, 4) is 28.9 Å². The van der Waals surface area contributed by atoms with Crippen LogP contribution in [0.25, 0.3) is 23.0 Å². The van der Waals surface area contributed by atoms with Gasteiger partial charge in [-0.2, -0.15) is 5.16 Å². The number of aromatic amines is 1. The number of ether oxygens (including phenoxy) is 2. The summed E-state index contributed by atoms with van der Waals surface area (Å²) in [5, 5.41) is 10.8. The number of H-pyrrole nitrogens is 1. The van der Waals surface area contributed by atoms with Gasteiger partial charge in [-0.05, 0) is 35.9 Å². The van der Waals surface area contributed by atoms with Crippen LogP contribution in [0.5, 0.6) is 5.88 Å². The highest BCUT2D eigenvalue weighted by Gasteiger charge is 2.40. The van der Waals surface area contributed by atoms with E-state index in [4.69, 9.17) is 25.6 Å². The van der Waals surface area contributed by atoms with Crippen molar-refractivity contribution >= 4 is 11.6 Å². The molecular weight excluding hydrogens is 589 g/mol. The first-order valence-corrected chi connectivity index (χ1v) is 13.6. The number of aromatic nitrogens is 6. The minimum Gasteiger partial charge on any atom is -0.473 e. The van der Waals surface area contributed by atoms with Gasteiger partial charge in [-0.15, -0.1) is 15.2 Å². The monoisotopic (exact) mass is 612 g/mol. The van der Waals surface area contributed by atoms with Crippen LogP contribution in [-0.2, 0) is 17.8 Å². The Morgan fingerprint density at radius 1 is 1.05 bits per heavy atom. The van der Waals surface area contributed by atoms with Crippen LogP contribution in [0.3, 0.4) is 0 Å². The molecule has 10 nitrogen and oxygen atoms in total. The maximum Gasteiger partial charge on any atom is 0.377 e. The Kier molecular flexibility index (Phi) is 7.52. The van der Waals surface area contributed by atoms with Crippen LogP contribution in [0.15, 0.2) is 57.8 Å². The molecule has 1 saturated heterocycles. The largest absolute Gasteiger partial charge is 0.473 e. The molecular formula is C29H24ClF3N6O4. The van der Waals surface area contributed by atoms with E-state index in [-0.39, 0.29) is 69.5 Å². The third-order valence-electron chi connectivity index (χ3n) is 7.23. The molecule has 0 aliphatic carbocycles. The Labute approximate surface area is 247 Å². The van der Waals surface area contributed by atoms with E-state index in [0.717, 1.165) is 12.1 Å². The predicted molar refractivity (Wildman–Crippen MR) is 148 cm³/mol. The van der Waals surface area contributed by atoms with Gasteiger partial charge < -0.3 is 18.6 Å². The molecule has 2 aromatic carbocycles. The van der Waals surface area contributed by atoms with Gasteiger partial charge in [0.2, 0.25) is 11.7 Å². The van der Waals surface area contributed by atoms with Crippen LogP contribution >= 0.6 is 11.6 Å². The lowest BCUT2D eigenvalue weighted by Crippen LogP contribution is -2.27. The average molecular weight is 613 g/mol. The maximum absolute atomic E-state index is 15.5. The van der Waals surface area contributed by atoms with E-state index in [0.29, 0.717) is 19.0 Å². The molecule has 4 heterocycles. The lowest BCUT2D eigenvalue weighted by Gasteiger charge is -2.27. The number of nitrogens with one attached hydrogen (secondary N) is 1. The first kappa shape index (κ1) is 28.6. The van der Waals surface area contributed by atoms with E-state index in [1.807, 2.05) is 13.8 Å². The number of pyridine rings is 1. The van der Waals surface area contributed by atoms with Crippen molar-refractivity contribution in [3.05, 3.63) is 98.4 Å². The van der Waals surface area contributed by atoms with Crippen molar-refractivity contribution in [2.75, 3.05) is 13.2 Å². The Morgan fingerprint density at radius 3 is 2.58 bits per heavy atom. The summed E-state index contributed by atoms with van der Waals surface area (Å²) in [7, 11) is 0. The van der Waals surface area contributed by atoms with Crippen molar-refractivity contribution in [2.24, 2.45) is 5.41 Å². The molecule has 43 heavy (non-hydrogen) atoms. The normalized spacial score (nSPS) is 16.1. The third kappa shape index (κ3) is 5.77. The van der Waals surface area contributed by atoms with Crippen molar-refractivity contribution in [1.82, 2.24) is 29.9 Å². The summed E-state index contributed by atoms with van der Waals surface area (Å²) in [6.45, 7) is 4.60. The molecule has 0 radical (unpaired) electrons. The molecule has 6 rings (SSSR count). The molecule has 0 unspecified atom stereocenters. The van der Waals surface area contributed by atoms with Crippen LogP contribution in [0.1, 0.15) is 36.8 Å². The summed E-state index contributed by atoms with van der Waals surface area (Å²) in [6.07, 6.45) is -0.125. The Bertz CT molecular complexity index is 1870. The van der Waals surface area contributed by atoms with Gasteiger partial charge >= 0.3 is 5.69 Å². The molecule has 0 bridgehead atoms. The van der Waals surface area contributed by atoms with Crippen LogP contribution in [0.4, 0.5) is 13.2 Å². The Hall–Kier alpha value is -4.49. The zero-order chi connectivity index (χ0) is 30.3. The summed E-state index contributed by atoms with van der Waals surface area (Å²) in [5.74, 6) is -1.47. The quantitative estimate of drug-likeness (QED) is 0.243. The molecule has 222 valence electrons. The highest BCUT2D eigenvalue weighted by atomic mass is 35.5. The fourth-order valence-electron chi connectivity index (χ4n) is 4.95. The first-order valence-electron chi connectivity index (χ1n) is 13.2. The molecule has 1 atom stereocenters. The minimum atomic E-state index is -0.723. The minimum absolute atomic E-state index is 0.0206. The molecule has 0 spiro atoms. The fourth-order valence-corrected chi connectivity index (χ4v) is 5.11. The highest BCUT2D eigenvalue weighted by Crippen LogP contribution is 2.40. The summed E-state index contributed by atoms with van der Waals surface area (Å²) in [4.78, 5) is 19.7. The summed E-state index contributed by atoms with van der Waals surface area (Å²) in [6, 6.07) is 10.6. The van der Waals surface area contributed by atoms with E-state index in [9.17, 15) is 9.18 Å². The van der Waals surface area contributed by atoms with E-state index in [1.165, 1.54) is 30.3 Å². The lowest BCUT2D eigenvalue weighted by atomic mass is 9.87. The van der Waals surface area contributed by atoms with Gasteiger partial charge in [-0.25, -0.2) is 22.9 Å². The van der Waals surface area contributed by atoms with E-state index < -0.39 is 23.1 Å². The van der Waals surface area contributed by atoms with E-state index in [2.05, 4.69) is 25.3 Å². The number of hydrogen-bond acceptors (Lipinski definition) is 8. The topological polar surface area (TPSA) is 121 Å². The van der Waals surface area contributed by atoms with Crippen molar-refractivity contribution in [2.45, 2.75) is 32.9 Å². The molecule has 1 aliphatic rings. The SMILES string of the molecule is CC1(C)COC[C@@H]1n1c(Cc2cc(F)c(-c3cccc(OCc4ccc(Cl)cc4F)n3)cc2F)nnc1-c1nc(=O)[nH]o1. The highest BCUT2D eigenvalue weighted by molar-refractivity contribution is 6.30. The van der Waals surface area contributed by atoms with Crippen LogP contribution in [0, 0.1) is 22.9 Å². The van der Waals surface area contributed by atoms with E-state index >= 15 is 8.78 Å². The zero-order valence-corrected chi connectivity index (χ0v) is 23.7. The molecule has 14 heteroatoms. The number of hydrogen-bond donors (Lipinski definition) is 1. The van der Waals surface area contributed by atoms with Gasteiger partial charge in [-0.1, -0.05) is 37.6 Å². The predicted octanol–water partition coefficient (Wildman–Crippen LogP) is 5.52. The summed E-state index contributed by atoms with van der Waals surface area (Å²) < 4.78 is 63.2. The molecule has 1 fully saturated rings. The Balaban J connectivity index is 1.28. The molecule has 3 aromatic heterocycles. The third-order valence-corrected chi connectivity index (χ3v) is 7.47. The van der Waals surface area contributed by atoms with E-state index in [1.54, 1.807) is 10.6 Å². The average Bonchev–Trinajstić information content (AvgIpc) is 3.67. The number of halogens is 4.